The van der Waals surface area contributed by atoms with E-state index in [0.717, 1.165) is 29.7 Å². The molecule has 146 valence electrons. The molecule has 0 spiro atoms. The maximum Gasteiger partial charge on any atom is 0.337 e. The van der Waals surface area contributed by atoms with E-state index in [2.05, 4.69) is 10.0 Å². The fourth-order valence-electron chi connectivity index (χ4n) is 4.27. The summed E-state index contributed by atoms with van der Waals surface area (Å²) in [5.74, 6) is 0. The van der Waals surface area contributed by atoms with Gasteiger partial charge in [-0.1, -0.05) is 73.3 Å². The Morgan fingerprint density at radius 2 is 1.68 bits per heavy atom. The Bertz CT molecular complexity index is 847. The monoisotopic (exact) mass is 396 g/mol. The Morgan fingerprint density at radius 3 is 2.32 bits per heavy atom. The van der Waals surface area contributed by atoms with Crippen LogP contribution in [0.5, 0.6) is 0 Å². The number of hydrogen-bond donors (Lipinski definition) is 1. The van der Waals surface area contributed by atoms with Gasteiger partial charge in [-0.25, -0.2) is 4.79 Å². The lowest BCUT2D eigenvalue weighted by atomic mass is 9.92. The predicted molar refractivity (Wildman–Crippen MR) is 112 cm³/mol. The van der Waals surface area contributed by atoms with E-state index < -0.39 is 6.03 Å². The quantitative estimate of drug-likeness (QED) is 0.812. The first-order chi connectivity index (χ1) is 13.6. The summed E-state index contributed by atoms with van der Waals surface area (Å²) in [6, 6.07) is 17.5. The number of hydrazone groups is 1. The number of rotatable bonds is 3. The highest BCUT2D eigenvalue weighted by Gasteiger charge is 2.38. The van der Waals surface area contributed by atoms with Crippen molar-refractivity contribution in [1.82, 2.24) is 9.91 Å². The summed E-state index contributed by atoms with van der Waals surface area (Å²) in [7, 11) is 0. The number of urea groups is 1. The van der Waals surface area contributed by atoms with E-state index in [0.29, 0.717) is 17.6 Å². The number of carbonyl (C=O) groups is 1. The Morgan fingerprint density at radius 1 is 1.00 bits per heavy atom. The zero-order valence-corrected chi connectivity index (χ0v) is 16.6. The molecule has 1 aliphatic heterocycles. The molecule has 1 heterocycles. The van der Waals surface area contributed by atoms with Gasteiger partial charge in [-0.05, 0) is 36.1 Å². The lowest BCUT2D eigenvalue weighted by Crippen LogP contribution is -2.54. The van der Waals surface area contributed by atoms with Crippen molar-refractivity contribution in [3.8, 4) is 0 Å². The summed E-state index contributed by atoms with van der Waals surface area (Å²) in [6.45, 7) is 0.686. The minimum Gasteiger partial charge on any atom is -0.350 e. The topological polar surface area (TPSA) is 61.9 Å². The average Bonchev–Trinajstić information content (AvgIpc) is 2.75. The molecule has 1 saturated carbocycles. The van der Waals surface area contributed by atoms with E-state index in [4.69, 9.17) is 17.3 Å². The number of nitrogens with zero attached hydrogens (tertiary/aromatic N) is 3. The van der Waals surface area contributed by atoms with Crippen LogP contribution in [0.2, 0.25) is 5.02 Å². The summed E-state index contributed by atoms with van der Waals surface area (Å²) in [5.41, 5.74) is 8.65. The molecular weight excluding hydrogens is 372 g/mol. The van der Waals surface area contributed by atoms with E-state index in [-0.39, 0.29) is 6.17 Å². The molecule has 2 N–H and O–H groups in total. The lowest BCUT2D eigenvalue weighted by molar-refractivity contribution is 0.0230. The molecule has 4 rings (SSSR count). The van der Waals surface area contributed by atoms with Crippen molar-refractivity contribution in [2.24, 2.45) is 10.8 Å². The predicted octanol–water partition coefficient (Wildman–Crippen LogP) is 4.77. The van der Waals surface area contributed by atoms with Crippen molar-refractivity contribution in [2.45, 2.75) is 44.3 Å². The normalized spacial score (nSPS) is 21.4. The standard InChI is InChI=1S/C22H25ClN4O/c23-18-13-11-17(12-14-18)21-26(19-9-5-2-6-10-19)15-20(25-27(21)22(24)28)16-7-3-1-4-8-16/h1,3-4,7-8,11-14,19,21H,2,5-6,9-10,15H2,(H2,24,28). The largest absolute Gasteiger partial charge is 0.350 e. The third-order valence-corrected chi connectivity index (χ3v) is 5.90. The van der Waals surface area contributed by atoms with Gasteiger partial charge in [0.2, 0.25) is 0 Å². The van der Waals surface area contributed by atoms with Crippen LogP contribution in [0.4, 0.5) is 4.79 Å². The molecule has 28 heavy (non-hydrogen) atoms. The number of halogens is 1. The molecule has 2 aliphatic rings. The van der Waals surface area contributed by atoms with Gasteiger partial charge in [0, 0.05) is 17.6 Å². The molecule has 2 aromatic rings. The molecular formula is C22H25ClN4O. The summed E-state index contributed by atoms with van der Waals surface area (Å²) < 4.78 is 0. The Kier molecular flexibility index (Phi) is 5.64. The van der Waals surface area contributed by atoms with E-state index in [9.17, 15) is 4.79 Å². The van der Waals surface area contributed by atoms with Crippen LogP contribution >= 0.6 is 11.6 Å². The van der Waals surface area contributed by atoms with E-state index >= 15 is 0 Å². The van der Waals surface area contributed by atoms with Gasteiger partial charge in [-0.2, -0.15) is 10.1 Å². The Hall–Kier alpha value is -2.37. The van der Waals surface area contributed by atoms with Crippen LogP contribution in [0.15, 0.2) is 59.7 Å². The van der Waals surface area contributed by atoms with E-state index in [1.165, 1.54) is 24.3 Å². The van der Waals surface area contributed by atoms with Crippen LogP contribution in [0.1, 0.15) is 49.4 Å². The van der Waals surface area contributed by atoms with Gasteiger partial charge in [0.05, 0.1) is 5.71 Å². The SMILES string of the molecule is NC(=O)N1N=C(c2ccccc2)CN(C2CCCCC2)C1c1ccc(Cl)cc1. The number of hydrogen-bond acceptors (Lipinski definition) is 3. The van der Waals surface area contributed by atoms with Gasteiger partial charge < -0.3 is 5.73 Å². The highest BCUT2D eigenvalue weighted by molar-refractivity contribution is 6.30. The second-order valence-corrected chi connectivity index (χ2v) is 7.92. The van der Waals surface area contributed by atoms with E-state index in [1.807, 2.05) is 54.6 Å². The first-order valence-corrected chi connectivity index (χ1v) is 10.2. The molecule has 2 amide bonds. The minimum absolute atomic E-state index is 0.315. The zero-order chi connectivity index (χ0) is 19.5. The van der Waals surface area contributed by atoms with Gasteiger partial charge in [-0.3, -0.25) is 4.90 Å². The van der Waals surface area contributed by atoms with Crippen molar-refractivity contribution in [1.29, 1.82) is 0 Å². The molecule has 1 unspecified atom stereocenters. The summed E-state index contributed by atoms with van der Waals surface area (Å²) in [6.07, 6.45) is 5.63. The number of nitrogens with two attached hydrogens (primary N) is 1. The van der Waals surface area contributed by atoms with Crippen molar-refractivity contribution in [3.05, 3.63) is 70.7 Å². The van der Waals surface area contributed by atoms with Gasteiger partial charge in [0.1, 0.15) is 6.17 Å². The molecule has 0 bridgehead atoms. The average molecular weight is 397 g/mol. The summed E-state index contributed by atoms with van der Waals surface area (Å²) >= 11 is 6.09. The first kappa shape index (κ1) is 19.0. The fourth-order valence-corrected chi connectivity index (χ4v) is 4.40. The molecule has 1 aliphatic carbocycles. The molecule has 2 aromatic carbocycles. The number of benzene rings is 2. The maximum absolute atomic E-state index is 12.4. The van der Waals surface area contributed by atoms with Gasteiger partial charge >= 0.3 is 6.03 Å². The van der Waals surface area contributed by atoms with Gasteiger partial charge in [0.25, 0.3) is 0 Å². The third-order valence-electron chi connectivity index (χ3n) is 5.65. The third kappa shape index (κ3) is 3.91. The molecule has 0 aromatic heterocycles. The molecule has 0 saturated heterocycles. The van der Waals surface area contributed by atoms with Crippen molar-refractivity contribution >= 4 is 23.3 Å². The van der Waals surface area contributed by atoms with Gasteiger partial charge in [-0.15, -0.1) is 0 Å². The summed E-state index contributed by atoms with van der Waals surface area (Å²) in [5, 5.41) is 6.78. The van der Waals surface area contributed by atoms with Crippen LogP contribution in [-0.4, -0.2) is 34.2 Å². The van der Waals surface area contributed by atoms with Crippen molar-refractivity contribution in [2.75, 3.05) is 6.54 Å². The Balaban J connectivity index is 1.78. The van der Waals surface area contributed by atoms with Crippen molar-refractivity contribution < 1.29 is 4.79 Å². The lowest BCUT2D eigenvalue weighted by Gasteiger charge is -2.45. The smallest absolute Gasteiger partial charge is 0.337 e. The molecule has 1 atom stereocenters. The molecule has 0 radical (unpaired) electrons. The summed E-state index contributed by atoms with van der Waals surface area (Å²) in [4.78, 5) is 14.8. The zero-order valence-electron chi connectivity index (χ0n) is 15.8. The second kappa shape index (κ2) is 8.33. The van der Waals surface area contributed by atoms with Gasteiger partial charge in [0.15, 0.2) is 0 Å². The van der Waals surface area contributed by atoms with Crippen molar-refractivity contribution in [3.63, 3.8) is 0 Å². The Labute approximate surface area is 170 Å². The van der Waals surface area contributed by atoms with Crippen LogP contribution in [0.25, 0.3) is 0 Å². The second-order valence-electron chi connectivity index (χ2n) is 7.48. The minimum atomic E-state index is -0.547. The molecule has 1 fully saturated rings. The maximum atomic E-state index is 12.4. The van der Waals surface area contributed by atoms with Crippen LogP contribution in [0.3, 0.4) is 0 Å². The van der Waals surface area contributed by atoms with Crippen LogP contribution < -0.4 is 5.73 Å². The number of carbonyl (C=O) groups excluding carboxylic acids is 1. The molecule has 5 nitrogen and oxygen atoms in total. The number of primary amides is 1. The van der Waals surface area contributed by atoms with Crippen LogP contribution in [-0.2, 0) is 0 Å². The molecule has 6 heteroatoms. The first-order valence-electron chi connectivity index (χ1n) is 9.86. The van der Waals surface area contributed by atoms with E-state index in [1.54, 1.807) is 0 Å². The van der Waals surface area contributed by atoms with Crippen LogP contribution in [0, 0.1) is 0 Å². The highest BCUT2D eigenvalue weighted by Crippen LogP contribution is 2.36. The highest BCUT2D eigenvalue weighted by atomic mass is 35.5. The fraction of sp³-hybridized carbons (Fsp3) is 0.364. The number of amides is 2.